The van der Waals surface area contributed by atoms with Gasteiger partial charge in [0.1, 0.15) is 11.6 Å². The van der Waals surface area contributed by atoms with E-state index in [1.807, 2.05) is 6.07 Å². The minimum Gasteiger partial charge on any atom is -0.484 e. The Kier molecular flexibility index (Phi) is 7.11. The molecular weight excluding hydrogens is 362 g/mol. The highest BCUT2D eigenvalue weighted by Gasteiger charge is 2.06. The van der Waals surface area contributed by atoms with E-state index in [-0.39, 0.29) is 12.5 Å². The summed E-state index contributed by atoms with van der Waals surface area (Å²) in [7, 11) is 0. The Morgan fingerprint density at radius 1 is 1.15 bits per heavy atom. The average Bonchev–Trinajstić information content (AvgIpc) is 2.70. The standard InChI is InChI=1S/C21H24ClN3O2/c22-17-6-9-19(10-7-17)27-15-21(26)25-20-11-8-18(14-24-20)23-13-12-16-4-2-1-3-5-16/h4,6-11,14,23H,1-3,5,12-13,15H2,(H,24,25,26). The summed E-state index contributed by atoms with van der Waals surface area (Å²) in [4.78, 5) is 16.2. The molecule has 0 saturated carbocycles. The van der Waals surface area contributed by atoms with Crippen LogP contribution in [0.1, 0.15) is 32.1 Å². The number of aromatic nitrogens is 1. The summed E-state index contributed by atoms with van der Waals surface area (Å²) >= 11 is 5.81. The van der Waals surface area contributed by atoms with Gasteiger partial charge in [-0.2, -0.15) is 0 Å². The topological polar surface area (TPSA) is 63.2 Å². The zero-order valence-corrected chi connectivity index (χ0v) is 16.0. The Labute approximate surface area is 164 Å². The fourth-order valence-corrected chi connectivity index (χ4v) is 3.06. The first kappa shape index (κ1) is 19.2. The fourth-order valence-electron chi connectivity index (χ4n) is 2.93. The van der Waals surface area contributed by atoms with E-state index in [0.29, 0.717) is 16.6 Å². The number of hydrogen-bond acceptors (Lipinski definition) is 4. The van der Waals surface area contributed by atoms with Crippen molar-refractivity contribution in [1.29, 1.82) is 0 Å². The van der Waals surface area contributed by atoms with E-state index >= 15 is 0 Å². The number of amides is 1. The van der Waals surface area contributed by atoms with Crippen molar-refractivity contribution in [3.8, 4) is 5.75 Å². The van der Waals surface area contributed by atoms with Gasteiger partial charge >= 0.3 is 0 Å². The summed E-state index contributed by atoms with van der Waals surface area (Å²) in [5, 5.41) is 6.72. The summed E-state index contributed by atoms with van der Waals surface area (Å²) in [5.41, 5.74) is 2.49. The van der Waals surface area contributed by atoms with Crippen LogP contribution in [0.15, 0.2) is 54.2 Å². The maximum atomic E-state index is 12.0. The molecule has 27 heavy (non-hydrogen) atoms. The van der Waals surface area contributed by atoms with Crippen molar-refractivity contribution < 1.29 is 9.53 Å². The Morgan fingerprint density at radius 3 is 2.70 bits per heavy atom. The molecule has 1 aromatic carbocycles. The minimum atomic E-state index is -0.262. The maximum absolute atomic E-state index is 12.0. The lowest BCUT2D eigenvalue weighted by molar-refractivity contribution is -0.118. The summed E-state index contributed by atoms with van der Waals surface area (Å²) in [6, 6.07) is 10.6. The lowest BCUT2D eigenvalue weighted by Gasteiger charge is -2.13. The van der Waals surface area contributed by atoms with E-state index in [1.165, 1.54) is 25.7 Å². The van der Waals surface area contributed by atoms with Gasteiger partial charge in [-0.05, 0) is 68.5 Å². The molecule has 0 spiro atoms. The van der Waals surface area contributed by atoms with Crippen molar-refractivity contribution in [3.63, 3.8) is 0 Å². The average molecular weight is 386 g/mol. The van der Waals surface area contributed by atoms with Crippen molar-refractivity contribution in [1.82, 2.24) is 4.98 Å². The number of benzene rings is 1. The van der Waals surface area contributed by atoms with Gasteiger partial charge in [0.25, 0.3) is 5.91 Å². The molecule has 2 N–H and O–H groups in total. The van der Waals surface area contributed by atoms with Gasteiger partial charge < -0.3 is 15.4 Å². The first-order valence-electron chi connectivity index (χ1n) is 9.25. The molecule has 3 rings (SSSR count). The van der Waals surface area contributed by atoms with Crippen LogP contribution in [0.5, 0.6) is 5.75 Å². The van der Waals surface area contributed by atoms with Crippen LogP contribution in [0.3, 0.4) is 0 Å². The molecule has 0 saturated heterocycles. The first-order valence-corrected chi connectivity index (χ1v) is 9.63. The predicted octanol–water partition coefficient (Wildman–Crippen LogP) is 5.05. The van der Waals surface area contributed by atoms with E-state index in [0.717, 1.165) is 18.7 Å². The molecule has 6 heteroatoms. The Bertz CT molecular complexity index is 773. The van der Waals surface area contributed by atoms with Gasteiger partial charge in [-0.3, -0.25) is 4.79 Å². The van der Waals surface area contributed by atoms with Gasteiger partial charge in [0, 0.05) is 11.6 Å². The SMILES string of the molecule is O=C(COc1ccc(Cl)cc1)Nc1ccc(NCCC2=CCCCC2)cn1. The highest BCUT2D eigenvalue weighted by atomic mass is 35.5. The molecular formula is C21H24ClN3O2. The number of pyridine rings is 1. The molecule has 0 aliphatic heterocycles. The fraction of sp³-hybridized carbons (Fsp3) is 0.333. The third-order valence-corrected chi connectivity index (χ3v) is 4.63. The molecule has 142 valence electrons. The molecule has 2 aromatic rings. The van der Waals surface area contributed by atoms with Gasteiger partial charge in [0.05, 0.1) is 11.9 Å². The van der Waals surface area contributed by atoms with Gasteiger partial charge in [-0.15, -0.1) is 0 Å². The number of ether oxygens (including phenoxy) is 1. The van der Waals surface area contributed by atoms with Crippen molar-refractivity contribution in [3.05, 3.63) is 59.3 Å². The minimum absolute atomic E-state index is 0.0849. The van der Waals surface area contributed by atoms with Crippen LogP contribution in [0.4, 0.5) is 11.5 Å². The molecule has 0 fully saturated rings. The van der Waals surface area contributed by atoms with Crippen LogP contribution in [0, 0.1) is 0 Å². The molecule has 1 aliphatic carbocycles. The Hall–Kier alpha value is -2.53. The molecule has 1 amide bonds. The van der Waals surface area contributed by atoms with Crippen molar-refractivity contribution in [2.24, 2.45) is 0 Å². The second kappa shape index (κ2) is 9.97. The lowest BCUT2D eigenvalue weighted by atomic mass is 9.97. The number of carbonyl (C=O) groups excluding carboxylic acids is 1. The van der Waals surface area contributed by atoms with Gasteiger partial charge in [-0.1, -0.05) is 23.3 Å². The second-order valence-corrected chi connectivity index (χ2v) is 6.94. The number of nitrogens with zero attached hydrogens (tertiary/aromatic N) is 1. The monoisotopic (exact) mass is 385 g/mol. The van der Waals surface area contributed by atoms with E-state index in [1.54, 1.807) is 42.1 Å². The molecule has 0 unspecified atom stereocenters. The number of anilines is 2. The third kappa shape index (κ3) is 6.61. The van der Waals surface area contributed by atoms with E-state index in [4.69, 9.17) is 16.3 Å². The first-order chi connectivity index (χ1) is 13.2. The summed E-state index contributed by atoms with van der Waals surface area (Å²) in [6.07, 6.45) is 10.2. The summed E-state index contributed by atoms with van der Waals surface area (Å²) in [5.74, 6) is 0.831. The van der Waals surface area contributed by atoms with Crippen LogP contribution >= 0.6 is 11.6 Å². The summed E-state index contributed by atoms with van der Waals surface area (Å²) < 4.78 is 5.41. The number of carbonyl (C=O) groups is 1. The lowest BCUT2D eigenvalue weighted by Crippen LogP contribution is -2.20. The van der Waals surface area contributed by atoms with Crippen molar-refractivity contribution in [2.75, 3.05) is 23.8 Å². The van der Waals surface area contributed by atoms with Gasteiger partial charge in [0.15, 0.2) is 6.61 Å². The summed E-state index contributed by atoms with van der Waals surface area (Å²) in [6.45, 7) is 0.812. The maximum Gasteiger partial charge on any atom is 0.263 e. The Morgan fingerprint density at radius 2 is 2.00 bits per heavy atom. The molecule has 1 aromatic heterocycles. The van der Waals surface area contributed by atoms with Crippen LogP contribution in [0.25, 0.3) is 0 Å². The Balaban J connectivity index is 1.39. The molecule has 1 heterocycles. The number of rotatable bonds is 8. The van der Waals surface area contributed by atoms with E-state index in [9.17, 15) is 4.79 Å². The van der Waals surface area contributed by atoms with Gasteiger partial charge in [-0.25, -0.2) is 4.98 Å². The highest BCUT2D eigenvalue weighted by Crippen LogP contribution is 2.20. The third-order valence-electron chi connectivity index (χ3n) is 4.37. The second-order valence-electron chi connectivity index (χ2n) is 6.51. The normalized spacial score (nSPS) is 13.6. The van der Waals surface area contributed by atoms with Crippen LogP contribution in [0.2, 0.25) is 5.02 Å². The smallest absolute Gasteiger partial charge is 0.263 e. The quantitative estimate of drug-likeness (QED) is 0.624. The van der Waals surface area contributed by atoms with E-state index in [2.05, 4.69) is 21.7 Å². The van der Waals surface area contributed by atoms with E-state index < -0.39 is 0 Å². The number of allylic oxidation sites excluding steroid dienone is 1. The largest absolute Gasteiger partial charge is 0.484 e. The van der Waals surface area contributed by atoms with Crippen molar-refractivity contribution in [2.45, 2.75) is 32.1 Å². The zero-order chi connectivity index (χ0) is 18.9. The molecule has 0 bridgehead atoms. The van der Waals surface area contributed by atoms with Gasteiger partial charge in [0.2, 0.25) is 0 Å². The molecule has 0 radical (unpaired) electrons. The number of nitrogens with one attached hydrogen (secondary N) is 2. The molecule has 5 nitrogen and oxygen atoms in total. The van der Waals surface area contributed by atoms with Crippen LogP contribution in [-0.2, 0) is 4.79 Å². The predicted molar refractivity (Wildman–Crippen MR) is 109 cm³/mol. The molecule has 0 atom stereocenters. The molecule has 1 aliphatic rings. The van der Waals surface area contributed by atoms with Crippen molar-refractivity contribution >= 4 is 29.0 Å². The highest BCUT2D eigenvalue weighted by molar-refractivity contribution is 6.30. The van der Waals surface area contributed by atoms with Crippen LogP contribution in [-0.4, -0.2) is 24.0 Å². The number of hydrogen-bond donors (Lipinski definition) is 2. The number of halogens is 1. The zero-order valence-electron chi connectivity index (χ0n) is 15.2. The van der Waals surface area contributed by atoms with Crippen LogP contribution < -0.4 is 15.4 Å².